The number of rotatable bonds is 5. The molecule has 2 aromatic rings. The Morgan fingerprint density at radius 1 is 1.23 bits per heavy atom. The molecular weight excluding hydrogens is 350 g/mol. The van der Waals surface area contributed by atoms with Crippen molar-refractivity contribution >= 4 is 29.6 Å². The molecule has 132 valence electrons. The summed E-state index contributed by atoms with van der Waals surface area (Å²) in [5.74, 6) is 0.670. The molecule has 0 spiro atoms. The van der Waals surface area contributed by atoms with E-state index in [-0.39, 0.29) is 11.6 Å². The zero-order valence-corrected chi connectivity index (χ0v) is 14.9. The van der Waals surface area contributed by atoms with Crippen LogP contribution in [0.5, 0.6) is 0 Å². The largest absolute Gasteiger partial charge is 0.307 e. The van der Waals surface area contributed by atoms with Crippen LogP contribution in [-0.4, -0.2) is 17.0 Å². The summed E-state index contributed by atoms with van der Waals surface area (Å²) in [6, 6.07) is 13.5. The first-order chi connectivity index (χ1) is 12.5. The van der Waals surface area contributed by atoms with Crippen LogP contribution >= 0.6 is 11.8 Å². The van der Waals surface area contributed by atoms with Gasteiger partial charge in [-0.25, -0.2) is 4.99 Å². The maximum absolute atomic E-state index is 12.6. The van der Waals surface area contributed by atoms with Gasteiger partial charge in [-0.15, -0.1) is 0 Å². The van der Waals surface area contributed by atoms with Crippen molar-refractivity contribution in [1.82, 2.24) is 5.32 Å². The highest BCUT2D eigenvalue weighted by Crippen LogP contribution is 2.31. The third-order valence-electron chi connectivity index (χ3n) is 3.80. The highest BCUT2D eigenvalue weighted by atomic mass is 32.2. The molecule has 0 aromatic heterocycles. The molecular formula is C19H17N3O3S. The minimum Gasteiger partial charge on any atom is -0.307 e. The molecule has 1 unspecified atom stereocenters. The quantitative estimate of drug-likeness (QED) is 0.626. The number of hydrogen-bond acceptors (Lipinski definition) is 5. The normalized spacial score (nSPS) is 16.0. The number of allylic oxidation sites excluding steroid dienone is 1. The van der Waals surface area contributed by atoms with Gasteiger partial charge in [-0.3, -0.25) is 14.9 Å². The fraction of sp³-hybridized carbons (Fsp3) is 0.158. The molecule has 1 heterocycles. The number of amides is 1. The Balaban J connectivity index is 1.78. The van der Waals surface area contributed by atoms with Crippen molar-refractivity contribution in [1.29, 1.82) is 0 Å². The maximum atomic E-state index is 12.6. The number of benzene rings is 2. The van der Waals surface area contributed by atoms with Gasteiger partial charge in [0.25, 0.3) is 11.6 Å². The molecule has 0 aliphatic carbocycles. The van der Waals surface area contributed by atoms with Gasteiger partial charge in [0.15, 0.2) is 0 Å². The van der Waals surface area contributed by atoms with E-state index in [1.54, 1.807) is 30.5 Å². The smallest absolute Gasteiger partial charge is 0.269 e. The van der Waals surface area contributed by atoms with Crippen LogP contribution in [-0.2, 0) is 0 Å². The highest BCUT2D eigenvalue weighted by molar-refractivity contribution is 7.99. The summed E-state index contributed by atoms with van der Waals surface area (Å²) < 4.78 is 0. The molecule has 26 heavy (non-hydrogen) atoms. The van der Waals surface area contributed by atoms with Gasteiger partial charge in [-0.05, 0) is 42.7 Å². The van der Waals surface area contributed by atoms with Crippen molar-refractivity contribution in [3.8, 4) is 0 Å². The lowest BCUT2D eigenvalue weighted by Crippen LogP contribution is -2.24. The molecule has 1 atom stereocenters. The molecule has 0 radical (unpaired) electrons. The highest BCUT2D eigenvalue weighted by Gasteiger charge is 2.15. The third kappa shape index (κ3) is 4.37. The number of hydrogen-bond donors (Lipinski definition) is 1. The summed E-state index contributed by atoms with van der Waals surface area (Å²) in [7, 11) is 0. The number of nitrogens with one attached hydrogen (secondary N) is 1. The Hall–Kier alpha value is -2.93. The second-order valence-corrected chi connectivity index (χ2v) is 7.00. The second kappa shape index (κ2) is 7.97. The van der Waals surface area contributed by atoms with Gasteiger partial charge in [-0.1, -0.05) is 30.8 Å². The third-order valence-corrected chi connectivity index (χ3v) is 4.88. The zero-order chi connectivity index (χ0) is 18.5. The van der Waals surface area contributed by atoms with Gasteiger partial charge in [0.2, 0.25) is 0 Å². The summed E-state index contributed by atoms with van der Waals surface area (Å²) in [6.45, 7) is 2.07. The molecule has 0 bridgehead atoms. The van der Waals surface area contributed by atoms with E-state index >= 15 is 0 Å². The summed E-state index contributed by atoms with van der Waals surface area (Å²) in [6.07, 6.45) is 4.60. The van der Waals surface area contributed by atoms with Crippen LogP contribution in [0.25, 0.3) is 0 Å². The molecule has 6 nitrogen and oxygen atoms in total. The van der Waals surface area contributed by atoms with E-state index in [9.17, 15) is 14.9 Å². The first-order valence-corrected chi connectivity index (χ1v) is 8.91. The standard InChI is InChI=1S/C19H17N3O3S/c1-13-10-11-20-18(12-13)21-19(23)16-4-2-3-5-17(16)26-15-8-6-14(7-9-15)22(24)25/h2-9,11-13H,10H2,1H3,(H,21,23). The van der Waals surface area contributed by atoms with Gasteiger partial charge in [0, 0.05) is 28.1 Å². The minimum atomic E-state index is -0.435. The molecule has 1 amide bonds. The van der Waals surface area contributed by atoms with Crippen molar-refractivity contribution in [2.45, 2.75) is 23.1 Å². The Kier molecular flexibility index (Phi) is 5.48. The fourth-order valence-corrected chi connectivity index (χ4v) is 3.40. The van der Waals surface area contributed by atoms with E-state index in [0.717, 1.165) is 16.2 Å². The molecule has 0 saturated heterocycles. The van der Waals surface area contributed by atoms with Crippen LogP contribution in [0.4, 0.5) is 5.69 Å². The maximum Gasteiger partial charge on any atom is 0.269 e. The average molecular weight is 367 g/mol. The number of aliphatic imine (C=N–C) groups is 1. The van der Waals surface area contributed by atoms with E-state index in [1.807, 2.05) is 18.2 Å². The Labute approximate surface area is 155 Å². The van der Waals surface area contributed by atoms with Crippen LogP contribution < -0.4 is 5.32 Å². The van der Waals surface area contributed by atoms with Gasteiger partial charge in [-0.2, -0.15) is 0 Å². The van der Waals surface area contributed by atoms with Crippen molar-refractivity contribution in [3.63, 3.8) is 0 Å². The molecule has 1 aliphatic heterocycles. The predicted molar refractivity (Wildman–Crippen MR) is 101 cm³/mol. The SMILES string of the molecule is CC1C=C(NC(=O)c2ccccc2Sc2ccc([N+](=O)[O-])cc2)N=CC1. The summed E-state index contributed by atoms with van der Waals surface area (Å²) in [5, 5.41) is 13.6. The van der Waals surface area contributed by atoms with Gasteiger partial charge in [0.1, 0.15) is 5.82 Å². The van der Waals surface area contributed by atoms with E-state index in [2.05, 4.69) is 17.2 Å². The van der Waals surface area contributed by atoms with Crippen molar-refractivity contribution < 1.29 is 9.72 Å². The molecule has 3 rings (SSSR count). The van der Waals surface area contributed by atoms with Crippen LogP contribution in [0, 0.1) is 16.0 Å². The fourth-order valence-electron chi connectivity index (χ4n) is 2.46. The second-order valence-electron chi connectivity index (χ2n) is 5.88. The van der Waals surface area contributed by atoms with Crippen molar-refractivity contribution in [2.24, 2.45) is 10.9 Å². The number of carbonyl (C=O) groups excluding carboxylic acids is 1. The van der Waals surface area contributed by atoms with E-state index in [4.69, 9.17) is 0 Å². The zero-order valence-electron chi connectivity index (χ0n) is 14.1. The van der Waals surface area contributed by atoms with Crippen LogP contribution in [0.1, 0.15) is 23.7 Å². The van der Waals surface area contributed by atoms with E-state index in [0.29, 0.717) is 17.3 Å². The number of nitrogens with zero attached hydrogens (tertiary/aromatic N) is 2. The van der Waals surface area contributed by atoms with Crippen molar-refractivity contribution in [3.05, 3.63) is 76.1 Å². The molecule has 0 saturated carbocycles. The topological polar surface area (TPSA) is 84.6 Å². The molecule has 1 aliphatic rings. The van der Waals surface area contributed by atoms with Crippen molar-refractivity contribution in [2.75, 3.05) is 0 Å². The van der Waals surface area contributed by atoms with Gasteiger partial charge >= 0.3 is 0 Å². The Bertz CT molecular complexity index is 891. The Morgan fingerprint density at radius 2 is 1.96 bits per heavy atom. The predicted octanol–water partition coefficient (Wildman–Crippen LogP) is 4.43. The molecule has 1 N–H and O–H groups in total. The summed E-state index contributed by atoms with van der Waals surface area (Å²) in [4.78, 5) is 28.8. The first-order valence-electron chi connectivity index (χ1n) is 8.10. The number of non-ortho nitro benzene ring substituents is 1. The van der Waals surface area contributed by atoms with Crippen LogP contribution in [0.15, 0.2) is 75.2 Å². The lowest BCUT2D eigenvalue weighted by Gasteiger charge is -2.14. The number of nitro groups is 1. The molecule has 0 fully saturated rings. The summed E-state index contributed by atoms with van der Waals surface area (Å²) >= 11 is 1.38. The average Bonchev–Trinajstić information content (AvgIpc) is 2.62. The first kappa shape index (κ1) is 17.9. The number of carbonyl (C=O) groups is 1. The van der Waals surface area contributed by atoms with E-state index < -0.39 is 4.92 Å². The summed E-state index contributed by atoms with van der Waals surface area (Å²) in [5.41, 5.74) is 0.571. The van der Waals surface area contributed by atoms with E-state index in [1.165, 1.54) is 23.9 Å². The Morgan fingerprint density at radius 3 is 2.65 bits per heavy atom. The monoisotopic (exact) mass is 367 g/mol. The van der Waals surface area contributed by atoms with Gasteiger partial charge in [0.05, 0.1) is 10.5 Å². The van der Waals surface area contributed by atoms with Gasteiger partial charge < -0.3 is 5.32 Å². The lowest BCUT2D eigenvalue weighted by molar-refractivity contribution is -0.384. The lowest BCUT2D eigenvalue weighted by atomic mass is 10.1. The van der Waals surface area contributed by atoms with Crippen LogP contribution in [0.3, 0.4) is 0 Å². The number of nitro benzene ring substituents is 1. The molecule has 7 heteroatoms. The molecule has 2 aromatic carbocycles. The minimum absolute atomic E-state index is 0.0385. The van der Waals surface area contributed by atoms with Crippen LogP contribution in [0.2, 0.25) is 0 Å².